The topological polar surface area (TPSA) is 78.9 Å². The molecule has 0 atom stereocenters. The Hall–Kier alpha value is -3.97. The molecule has 2 aromatic heterocycles. The highest BCUT2D eigenvalue weighted by molar-refractivity contribution is 6.30. The molecule has 0 bridgehead atoms. The number of furan rings is 2. The zero-order chi connectivity index (χ0) is 23.5. The molecule has 7 nitrogen and oxygen atoms in total. The highest BCUT2D eigenvalue weighted by Crippen LogP contribution is 2.26. The first-order valence-corrected chi connectivity index (χ1v) is 11.3. The van der Waals surface area contributed by atoms with E-state index in [4.69, 9.17) is 20.4 Å². The molecule has 1 aliphatic heterocycles. The maximum atomic E-state index is 12.6. The van der Waals surface area contributed by atoms with Gasteiger partial charge in [0.15, 0.2) is 11.5 Å². The summed E-state index contributed by atoms with van der Waals surface area (Å²) in [7, 11) is 0. The van der Waals surface area contributed by atoms with Crippen LogP contribution < -0.4 is 10.2 Å². The van der Waals surface area contributed by atoms with Crippen molar-refractivity contribution in [3.05, 3.63) is 95.6 Å². The highest BCUT2D eigenvalue weighted by atomic mass is 35.5. The van der Waals surface area contributed by atoms with Crippen molar-refractivity contribution in [2.24, 2.45) is 0 Å². The standard InChI is InChI=1S/C26H22ClN3O4/c27-19-4-1-3-18(17-19)22-10-11-23(34-22)25(31)28-20-6-8-21(9-7-20)29-12-14-30(15-13-29)26(32)24-5-2-16-33-24/h1-11,16-17H,12-15H2,(H,28,31). The first-order valence-electron chi connectivity index (χ1n) is 10.9. The van der Waals surface area contributed by atoms with Gasteiger partial charge in [-0.05, 0) is 60.7 Å². The van der Waals surface area contributed by atoms with Crippen LogP contribution in [0.1, 0.15) is 21.1 Å². The minimum Gasteiger partial charge on any atom is -0.459 e. The fraction of sp³-hybridized carbons (Fsp3) is 0.154. The summed E-state index contributed by atoms with van der Waals surface area (Å²) < 4.78 is 10.9. The number of rotatable bonds is 5. The molecule has 3 heterocycles. The molecule has 1 fully saturated rings. The highest BCUT2D eigenvalue weighted by Gasteiger charge is 2.24. The number of carbonyl (C=O) groups excluding carboxylic acids is 2. The Morgan fingerprint density at radius 2 is 1.65 bits per heavy atom. The van der Waals surface area contributed by atoms with Crippen LogP contribution >= 0.6 is 11.6 Å². The molecular formula is C26H22ClN3O4. The van der Waals surface area contributed by atoms with Crippen LogP contribution in [0.5, 0.6) is 0 Å². The minimum absolute atomic E-state index is 0.0841. The van der Waals surface area contributed by atoms with Gasteiger partial charge in [0.25, 0.3) is 11.8 Å². The smallest absolute Gasteiger partial charge is 0.291 e. The minimum atomic E-state index is -0.328. The summed E-state index contributed by atoms with van der Waals surface area (Å²) in [5, 5.41) is 3.46. The van der Waals surface area contributed by atoms with E-state index < -0.39 is 0 Å². The lowest BCUT2D eigenvalue weighted by atomic mass is 10.2. The second-order valence-corrected chi connectivity index (χ2v) is 8.37. The summed E-state index contributed by atoms with van der Waals surface area (Å²) in [4.78, 5) is 29.1. The molecule has 0 aliphatic carbocycles. The van der Waals surface area contributed by atoms with Gasteiger partial charge in [-0.15, -0.1) is 0 Å². The number of nitrogens with zero attached hydrogens (tertiary/aromatic N) is 2. The predicted molar refractivity (Wildman–Crippen MR) is 130 cm³/mol. The van der Waals surface area contributed by atoms with Gasteiger partial charge in [0.05, 0.1) is 6.26 Å². The fourth-order valence-electron chi connectivity index (χ4n) is 3.93. The van der Waals surface area contributed by atoms with Crippen molar-refractivity contribution < 1.29 is 18.4 Å². The Bertz CT molecular complexity index is 1290. The average Bonchev–Trinajstić information content (AvgIpc) is 3.57. The van der Waals surface area contributed by atoms with Crippen molar-refractivity contribution in [2.75, 3.05) is 36.4 Å². The van der Waals surface area contributed by atoms with Crippen LogP contribution in [0.25, 0.3) is 11.3 Å². The molecule has 2 aromatic carbocycles. The van der Waals surface area contributed by atoms with Gasteiger partial charge in [-0.3, -0.25) is 9.59 Å². The van der Waals surface area contributed by atoms with Crippen molar-refractivity contribution in [3.8, 4) is 11.3 Å². The molecule has 1 aliphatic rings. The van der Waals surface area contributed by atoms with Gasteiger partial charge in [0, 0.05) is 48.1 Å². The van der Waals surface area contributed by atoms with E-state index in [0.717, 1.165) is 24.3 Å². The van der Waals surface area contributed by atoms with Crippen molar-refractivity contribution >= 4 is 34.8 Å². The van der Waals surface area contributed by atoms with Gasteiger partial charge >= 0.3 is 0 Å². The van der Waals surface area contributed by atoms with Crippen LogP contribution in [0.2, 0.25) is 5.02 Å². The monoisotopic (exact) mass is 475 g/mol. The van der Waals surface area contributed by atoms with Gasteiger partial charge in [-0.1, -0.05) is 23.7 Å². The molecule has 8 heteroatoms. The summed E-state index contributed by atoms with van der Waals surface area (Å²) in [6.45, 7) is 2.67. The lowest BCUT2D eigenvalue weighted by Crippen LogP contribution is -2.48. The number of anilines is 2. The molecular weight excluding hydrogens is 454 g/mol. The third-order valence-electron chi connectivity index (χ3n) is 5.73. The van der Waals surface area contributed by atoms with Gasteiger partial charge < -0.3 is 24.0 Å². The molecule has 0 saturated carbocycles. The number of hydrogen-bond donors (Lipinski definition) is 1. The van der Waals surface area contributed by atoms with Gasteiger partial charge in [0.1, 0.15) is 5.76 Å². The number of hydrogen-bond acceptors (Lipinski definition) is 5. The zero-order valence-corrected chi connectivity index (χ0v) is 19.0. The number of nitrogens with one attached hydrogen (secondary N) is 1. The maximum absolute atomic E-state index is 12.6. The number of halogens is 1. The largest absolute Gasteiger partial charge is 0.459 e. The van der Waals surface area contributed by atoms with Crippen molar-refractivity contribution in [2.45, 2.75) is 0 Å². The lowest BCUT2D eigenvalue weighted by molar-refractivity contribution is 0.0714. The molecule has 1 N–H and O–H groups in total. The van der Waals surface area contributed by atoms with Crippen molar-refractivity contribution in [1.29, 1.82) is 0 Å². The molecule has 1 saturated heterocycles. The summed E-state index contributed by atoms with van der Waals surface area (Å²) in [5.74, 6) is 0.749. The quantitative estimate of drug-likeness (QED) is 0.417. The number of amides is 2. The summed E-state index contributed by atoms with van der Waals surface area (Å²) in [6.07, 6.45) is 1.51. The van der Waals surface area contributed by atoms with Crippen LogP contribution in [0.15, 0.2) is 87.9 Å². The lowest BCUT2D eigenvalue weighted by Gasteiger charge is -2.35. The molecule has 34 heavy (non-hydrogen) atoms. The van der Waals surface area contributed by atoms with Gasteiger partial charge in [-0.25, -0.2) is 0 Å². The first kappa shape index (κ1) is 21.9. The predicted octanol–water partition coefficient (Wildman–Crippen LogP) is 5.41. The molecule has 5 rings (SSSR count). The Kier molecular flexibility index (Phi) is 6.10. The Balaban J connectivity index is 1.17. The van der Waals surface area contributed by atoms with Gasteiger partial charge in [0.2, 0.25) is 0 Å². The van der Waals surface area contributed by atoms with Crippen LogP contribution in [0.4, 0.5) is 11.4 Å². The Morgan fingerprint density at radius 1 is 0.853 bits per heavy atom. The van der Waals surface area contributed by atoms with Crippen molar-refractivity contribution in [3.63, 3.8) is 0 Å². The second kappa shape index (κ2) is 9.49. The molecule has 2 amide bonds. The molecule has 0 spiro atoms. The van der Waals surface area contributed by atoms with Gasteiger partial charge in [-0.2, -0.15) is 0 Å². The fourth-order valence-corrected chi connectivity index (χ4v) is 4.12. The first-order chi connectivity index (χ1) is 16.6. The zero-order valence-electron chi connectivity index (χ0n) is 18.2. The summed E-state index contributed by atoms with van der Waals surface area (Å²) in [5.41, 5.74) is 2.51. The normalized spacial score (nSPS) is 13.7. The second-order valence-electron chi connectivity index (χ2n) is 7.93. The van der Waals surface area contributed by atoms with E-state index in [0.29, 0.717) is 35.3 Å². The molecule has 0 radical (unpaired) electrons. The summed E-state index contributed by atoms with van der Waals surface area (Å²) >= 11 is 6.04. The van der Waals surface area contributed by atoms with Crippen LogP contribution in [-0.4, -0.2) is 42.9 Å². The van der Waals surface area contributed by atoms with E-state index in [1.54, 1.807) is 41.3 Å². The third kappa shape index (κ3) is 4.70. The SMILES string of the molecule is O=C(Nc1ccc(N2CCN(C(=O)c3ccco3)CC2)cc1)c1ccc(-c2cccc(Cl)c2)o1. The number of benzene rings is 2. The van der Waals surface area contributed by atoms with Crippen LogP contribution in [0.3, 0.4) is 0 Å². The molecule has 172 valence electrons. The number of piperazine rings is 1. The Morgan fingerprint density at radius 3 is 2.35 bits per heavy atom. The van der Waals surface area contributed by atoms with E-state index in [1.165, 1.54) is 6.26 Å². The Labute approximate surface area is 201 Å². The molecule has 4 aromatic rings. The molecule has 0 unspecified atom stereocenters. The maximum Gasteiger partial charge on any atom is 0.291 e. The van der Waals surface area contributed by atoms with Crippen molar-refractivity contribution in [1.82, 2.24) is 4.90 Å². The van der Waals surface area contributed by atoms with Crippen LogP contribution in [-0.2, 0) is 0 Å². The third-order valence-corrected chi connectivity index (χ3v) is 5.96. The van der Waals surface area contributed by atoms with Crippen LogP contribution in [0, 0.1) is 0 Å². The van der Waals surface area contributed by atoms with E-state index in [1.807, 2.05) is 36.4 Å². The number of carbonyl (C=O) groups is 2. The van der Waals surface area contributed by atoms with E-state index >= 15 is 0 Å². The van der Waals surface area contributed by atoms with E-state index in [2.05, 4.69) is 10.2 Å². The van der Waals surface area contributed by atoms with E-state index in [9.17, 15) is 9.59 Å². The van der Waals surface area contributed by atoms with E-state index in [-0.39, 0.29) is 17.6 Å². The average molecular weight is 476 g/mol. The summed E-state index contributed by atoms with van der Waals surface area (Å²) in [6, 6.07) is 21.7.